The van der Waals surface area contributed by atoms with Crippen LogP contribution in [0.15, 0.2) is 11.1 Å². The molecule has 96 valence electrons. The number of allylic oxidation sites excluding steroid dienone is 1. The highest BCUT2D eigenvalue weighted by molar-refractivity contribution is 5.90. The maximum Gasteiger partial charge on any atom is 0.333 e. The van der Waals surface area contributed by atoms with Crippen LogP contribution in [0, 0.1) is 11.3 Å². The Balaban J connectivity index is 2.35. The highest BCUT2D eigenvalue weighted by Crippen LogP contribution is 2.52. The van der Waals surface area contributed by atoms with Crippen molar-refractivity contribution in [3.05, 3.63) is 11.1 Å². The Labute approximate surface area is 104 Å². The van der Waals surface area contributed by atoms with Crippen LogP contribution < -0.4 is 0 Å². The molecule has 0 unspecified atom stereocenters. The highest BCUT2D eigenvalue weighted by atomic mass is 16.5. The lowest BCUT2D eigenvalue weighted by Gasteiger charge is -2.46. The maximum absolute atomic E-state index is 12.0. The lowest BCUT2D eigenvalue weighted by molar-refractivity contribution is -0.139. The maximum atomic E-state index is 12.0. The van der Waals surface area contributed by atoms with Crippen LogP contribution in [0.3, 0.4) is 0 Å². The van der Waals surface area contributed by atoms with E-state index in [1.165, 1.54) is 24.8 Å². The highest BCUT2D eigenvalue weighted by Gasteiger charge is 2.42. The summed E-state index contributed by atoms with van der Waals surface area (Å²) in [4.78, 5) is 12.0. The van der Waals surface area contributed by atoms with Gasteiger partial charge >= 0.3 is 5.97 Å². The number of fused-ring (bicyclic) bond motifs is 1. The lowest BCUT2D eigenvalue weighted by Crippen LogP contribution is -2.36. The van der Waals surface area contributed by atoms with E-state index in [2.05, 4.69) is 13.8 Å². The van der Waals surface area contributed by atoms with Crippen LogP contribution in [0.5, 0.6) is 0 Å². The van der Waals surface area contributed by atoms with Gasteiger partial charge in [-0.2, -0.15) is 0 Å². The molecule has 0 heterocycles. The van der Waals surface area contributed by atoms with Crippen molar-refractivity contribution >= 4 is 5.97 Å². The third-order valence-electron chi connectivity index (χ3n) is 4.86. The number of hydrogen-bond donors (Lipinski definition) is 0. The van der Waals surface area contributed by atoms with E-state index >= 15 is 0 Å². The third kappa shape index (κ3) is 2.14. The summed E-state index contributed by atoms with van der Waals surface area (Å²) in [5.74, 6) is 0.651. The molecule has 2 nitrogen and oxygen atoms in total. The molecule has 0 saturated heterocycles. The molecule has 0 radical (unpaired) electrons. The van der Waals surface area contributed by atoms with E-state index in [1.54, 1.807) is 0 Å². The summed E-state index contributed by atoms with van der Waals surface area (Å²) in [5, 5.41) is 0. The normalized spacial score (nSPS) is 33.2. The number of hydrogen-bond acceptors (Lipinski definition) is 2. The molecule has 17 heavy (non-hydrogen) atoms. The second-order valence-electron chi connectivity index (χ2n) is 5.74. The molecule has 1 saturated carbocycles. The molecule has 0 amide bonds. The smallest absolute Gasteiger partial charge is 0.333 e. The van der Waals surface area contributed by atoms with Crippen molar-refractivity contribution in [3.63, 3.8) is 0 Å². The van der Waals surface area contributed by atoms with Gasteiger partial charge in [0.15, 0.2) is 0 Å². The standard InChI is InChI=1S/C15H24O2/c1-4-17-14(16)12-9-8-11(2)15(3)10-6-5-7-13(12)15/h11H,4-10H2,1-3H3/t11-,15-/m0/s1. The summed E-state index contributed by atoms with van der Waals surface area (Å²) in [7, 11) is 0. The summed E-state index contributed by atoms with van der Waals surface area (Å²) in [6.07, 6.45) is 6.95. The molecule has 2 heteroatoms. The Bertz CT molecular complexity index is 343. The Morgan fingerprint density at radius 2 is 2.18 bits per heavy atom. The molecule has 0 aromatic carbocycles. The molecule has 0 bridgehead atoms. The minimum atomic E-state index is -0.0532. The van der Waals surface area contributed by atoms with Gasteiger partial charge in [0, 0.05) is 5.57 Å². The minimum Gasteiger partial charge on any atom is -0.463 e. The first-order valence-electron chi connectivity index (χ1n) is 6.99. The average Bonchev–Trinajstić information content (AvgIpc) is 2.31. The van der Waals surface area contributed by atoms with Crippen LogP contribution in [-0.2, 0) is 9.53 Å². The molecule has 0 aliphatic heterocycles. The molecule has 0 aromatic heterocycles. The summed E-state index contributed by atoms with van der Waals surface area (Å²) >= 11 is 0. The fourth-order valence-electron chi connectivity index (χ4n) is 3.54. The molecule has 1 fully saturated rings. The van der Waals surface area contributed by atoms with Gasteiger partial charge in [-0.1, -0.05) is 25.8 Å². The zero-order valence-corrected chi connectivity index (χ0v) is 11.3. The van der Waals surface area contributed by atoms with E-state index < -0.39 is 0 Å². The number of rotatable bonds is 2. The van der Waals surface area contributed by atoms with E-state index in [0.717, 1.165) is 24.8 Å². The molecular weight excluding hydrogens is 212 g/mol. The van der Waals surface area contributed by atoms with Gasteiger partial charge in [-0.3, -0.25) is 0 Å². The van der Waals surface area contributed by atoms with E-state index in [-0.39, 0.29) is 11.4 Å². The topological polar surface area (TPSA) is 26.3 Å². The molecular formula is C15H24O2. The lowest BCUT2D eigenvalue weighted by atomic mass is 9.59. The fourth-order valence-corrected chi connectivity index (χ4v) is 3.54. The van der Waals surface area contributed by atoms with Crippen molar-refractivity contribution < 1.29 is 9.53 Å². The molecule has 2 atom stereocenters. The number of carbonyl (C=O) groups is 1. The summed E-state index contributed by atoms with van der Waals surface area (Å²) < 4.78 is 5.21. The summed E-state index contributed by atoms with van der Waals surface area (Å²) in [6.45, 7) is 7.06. The Morgan fingerprint density at radius 1 is 1.41 bits per heavy atom. The monoisotopic (exact) mass is 236 g/mol. The van der Waals surface area contributed by atoms with Gasteiger partial charge in [-0.25, -0.2) is 4.79 Å². The largest absolute Gasteiger partial charge is 0.463 e. The van der Waals surface area contributed by atoms with Gasteiger partial charge in [-0.15, -0.1) is 0 Å². The van der Waals surface area contributed by atoms with Crippen molar-refractivity contribution in [3.8, 4) is 0 Å². The quantitative estimate of drug-likeness (QED) is 0.681. The van der Waals surface area contributed by atoms with Crippen molar-refractivity contribution in [1.29, 1.82) is 0 Å². The van der Waals surface area contributed by atoms with Gasteiger partial charge in [0.1, 0.15) is 0 Å². The number of esters is 1. The van der Waals surface area contributed by atoms with Gasteiger partial charge in [0.25, 0.3) is 0 Å². The predicted molar refractivity (Wildman–Crippen MR) is 68.6 cm³/mol. The molecule has 2 aliphatic rings. The van der Waals surface area contributed by atoms with Crippen molar-refractivity contribution in [2.75, 3.05) is 6.61 Å². The zero-order chi connectivity index (χ0) is 12.5. The van der Waals surface area contributed by atoms with Gasteiger partial charge in [0.05, 0.1) is 6.61 Å². The van der Waals surface area contributed by atoms with Crippen LogP contribution in [0.25, 0.3) is 0 Å². The van der Waals surface area contributed by atoms with Gasteiger partial charge in [-0.05, 0) is 50.4 Å². The van der Waals surface area contributed by atoms with E-state index in [1.807, 2.05) is 6.92 Å². The van der Waals surface area contributed by atoms with Crippen LogP contribution in [-0.4, -0.2) is 12.6 Å². The zero-order valence-electron chi connectivity index (χ0n) is 11.3. The SMILES string of the molecule is CCOC(=O)C1=C2CCCC[C@@]2(C)[C@@H](C)CC1. The first-order valence-corrected chi connectivity index (χ1v) is 6.99. The average molecular weight is 236 g/mol. The van der Waals surface area contributed by atoms with Crippen LogP contribution in [0.2, 0.25) is 0 Å². The molecule has 0 aromatic rings. The molecule has 0 N–H and O–H groups in total. The van der Waals surface area contributed by atoms with E-state index in [4.69, 9.17) is 4.74 Å². The van der Waals surface area contributed by atoms with E-state index in [9.17, 15) is 4.79 Å². The molecule has 2 rings (SSSR count). The van der Waals surface area contributed by atoms with E-state index in [0.29, 0.717) is 12.5 Å². The first-order chi connectivity index (χ1) is 8.09. The van der Waals surface area contributed by atoms with Crippen LogP contribution >= 0.6 is 0 Å². The second kappa shape index (κ2) is 4.83. The second-order valence-corrected chi connectivity index (χ2v) is 5.74. The van der Waals surface area contributed by atoms with Crippen molar-refractivity contribution in [2.24, 2.45) is 11.3 Å². The fraction of sp³-hybridized carbons (Fsp3) is 0.800. The first kappa shape index (κ1) is 12.7. The van der Waals surface area contributed by atoms with Gasteiger partial charge < -0.3 is 4.74 Å². The molecule has 2 aliphatic carbocycles. The Kier molecular flexibility index (Phi) is 3.60. The summed E-state index contributed by atoms with van der Waals surface area (Å²) in [6, 6.07) is 0. The predicted octanol–water partition coefficient (Wildman–Crippen LogP) is 3.86. The van der Waals surface area contributed by atoms with Gasteiger partial charge in [0.2, 0.25) is 0 Å². The third-order valence-corrected chi connectivity index (χ3v) is 4.86. The summed E-state index contributed by atoms with van der Waals surface area (Å²) in [5.41, 5.74) is 2.69. The number of carbonyl (C=O) groups excluding carboxylic acids is 1. The Hall–Kier alpha value is -0.790. The van der Waals surface area contributed by atoms with Crippen LogP contribution in [0.4, 0.5) is 0 Å². The molecule has 0 spiro atoms. The van der Waals surface area contributed by atoms with Crippen molar-refractivity contribution in [1.82, 2.24) is 0 Å². The van der Waals surface area contributed by atoms with Crippen molar-refractivity contribution in [2.45, 2.75) is 59.3 Å². The minimum absolute atomic E-state index is 0.0532. The number of ether oxygens (including phenoxy) is 1. The van der Waals surface area contributed by atoms with Crippen LogP contribution in [0.1, 0.15) is 59.3 Å². The Morgan fingerprint density at radius 3 is 2.88 bits per heavy atom.